The molecule has 0 aliphatic heterocycles. The molecule has 0 saturated carbocycles. The van der Waals surface area contributed by atoms with E-state index in [2.05, 4.69) is 62.5 Å². The molecule has 10 N–H and O–H groups in total. The van der Waals surface area contributed by atoms with Crippen LogP contribution in [-0.2, 0) is 19.2 Å². The minimum Gasteiger partial charge on any atom is -0.548 e. The van der Waals surface area contributed by atoms with Crippen LogP contribution in [0.15, 0.2) is 48.6 Å². The van der Waals surface area contributed by atoms with E-state index in [1.807, 2.05) is 0 Å². The maximum absolute atomic E-state index is 10.3. The van der Waals surface area contributed by atoms with Crippen molar-refractivity contribution in [3.8, 4) is 0 Å². The van der Waals surface area contributed by atoms with Gasteiger partial charge in [0, 0.05) is 24.9 Å². The van der Waals surface area contributed by atoms with E-state index in [1.54, 1.807) is 0 Å². The average molecular weight is 876 g/mol. The molecule has 0 heterocycles. The van der Waals surface area contributed by atoms with Crippen molar-refractivity contribution in [2.45, 2.75) is 219 Å². The number of aliphatic carboxylic acids is 4. The maximum Gasteiger partial charge on any atom is 2.00 e. The Balaban J connectivity index is -0.000000239. The molecule has 0 aromatic rings. The van der Waals surface area contributed by atoms with Crippen LogP contribution in [0.4, 0.5) is 0 Å². The van der Waals surface area contributed by atoms with Gasteiger partial charge < -0.3 is 52.9 Å². The minimum absolute atomic E-state index is 0. The molecule has 0 aromatic carbocycles. The van der Waals surface area contributed by atoms with Crippen LogP contribution in [0.25, 0.3) is 0 Å². The number of carbonyl (C=O) groups excluding carboxylic acids is 2. The van der Waals surface area contributed by atoms with Crippen LogP contribution < -0.4 is 33.1 Å². The summed E-state index contributed by atoms with van der Waals surface area (Å²) in [5.74, 6) is -3.71. The third kappa shape index (κ3) is 72.2. The number of carboxylic acid groups (broad SMARTS) is 4. The van der Waals surface area contributed by atoms with Gasteiger partial charge in [-0.15, -0.1) is 0 Å². The molecule has 0 aliphatic carbocycles. The van der Waals surface area contributed by atoms with Gasteiger partial charge in [0.1, 0.15) is 0 Å². The Morgan fingerprint density at radius 2 is 0.721 bits per heavy atom. The van der Waals surface area contributed by atoms with Gasteiger partial charge in [0.2, 0.25) is 0 Å². The van der Waals surface area contributed by atoms with Crippen molar-refractivity contribution in [3.63, 3.8) is 0 Å². The number of nitrogens with two attached hydrogens (primary N) is 4. The molecule has 0 unspecified atom stereocenters. The predicted octanol–water partition coefficient (Wildman–Crippen LogP) is 7.77. The molecule has 0 rings (SSSR count). The first-order valence-corrected chi connectivity index (χ1v) is 23.3. The fourth-order valence-electron chi connectivity index (χ4n) is 5.43. The van der Waals surface area contributed by atoms with Crippen LogP contribution >= 0.6 is 0 Å². The molecule has 0 aromatic heterocycles. The minimum atomic E-state index is -1.18. The van der Waals surface area contributed by atoms with Crippen molar-refractivity contribution < 1.29 is 39.6 Å². The first kappa shape index (κ1) is 67.5. The second-order valence-corrected chi connectivity index (χ2v) is 15.2. The third-order valence-electron chi connectivity index (χ3n) is 9.23. The van der Waals surface area contributed by atoms with Gasteiger partial charge in [0.15, 0.2) is 0 Å². The normalized spacial score (nSPS) is 11.9. The van der Waals surface area contributed by atoms with Crippen molar-refractivity contribution in [2.24, 2.45) is 22.9 Å². The molecular formula is C48H90MgN4O8. The van der Waals surface area contributed by atoms with E-state index >= 15 is 0 Å². The molecule has 0 fully saturated rings. The van der Waals surface area contributed by atoms with E-state index in [9.17, 15) is 29.4 Å². The van der Waals surface area contributed by atoms with Gasteiger partial charge in [0.25, 0.3) is 0 Å². The Bertz CT molecular complexity index is 990. The van der Waals surface area contributed by atoms with Crippen molar-refractivity contribution >= 4 is 46.9 Å². The van der Waals surface area contributed by atoms with E-state index in [1.165, 1.54) is 89.9 Å². The van der Waals surface area contributed by atoms with Crippen molar-refractivity contribution in [2.75, 3.05) is 13.1 Å². The SMILES string of the molecule is CCCCC/C=C\C/C=C\CCCCCCCC(=O)O.CCCCC/C=C\C/C=C\CCCCCCCC(=O)O.NCCCC[C@H](N)C(=O)[O-].NCCCC[C@H](N)C(=O)[O-].[Mg+2]. The van der Waals surface area contributed by atoms with Crippen molar-refractivity contribution in [3.05, 3.63) is 48.6 Å². The number of unbranched alkanes of at least 4 members (excludes halogenated alkanes) is 18. The van der Waals surface area contributed by atoms with Crippen LogP contribution in [0, 0.1) is 0 Å². The summed E-state index contributed by atoms with van der Waals surface area (Å²) in [5, 5.41) is 37.1. The molecule has 0 radical (unpaired) electrons. The molecule has 61 heavy (non-hydrogen) atoms. The Morgan fingerprint density at radius 3 is 0.984 bits per heavy atom. The Labute approximate surface area is 388 Å². The topological polar surface area (TPSA) is 259 Å². The molecule has 2 atom stereocenters. The zero-order valence-electron chi connectivity index (χ0n) is 38.8. The summed E-state index contributed by atoms with van der Waals surface area (Å²) in [4.78, 5) is 40.7. The van der Waals surface area contributed by atoms with Crippen LogP contribution in [0.2, 0.25) is 0 Å². The number of hydrogen-bond acceptors (Lipinski definition) is 10. The number of hydrogen-bond donors (Lipinski definition) is 6. The maximum atomic E-state index is 10.3. The summed E-state index contributed by atoms with van der Waals surface area (Å²) in [6, 6.07) is -1.65. The predicted molar refractivity (Wildman–Crippen MR) is 252 cm³/mol. The van der Waals surface area contributed by atoms with Gasteiger partial charge in [-0.1, -0.05) is 140 Å². The molecular weight excluding hydrogens is 785 g/mol. The third-order valence-corrected chi connectivity index (χ3v) is 9.23. The number of carboxylic acids is 4. The largest absolute Gasteiger partial charge is 2.00 e. The van der Waals surface area contributed by atoms with E-state index in [0.29, 0.717) is 38.8 Å². The van der Waals surface area contributed by atoms with Crippen LogP contribution in [0.1, 0.15) is 206 Å². The van der Waals surface area contributed by atoms with Crippen LogP contribution in [-0.4, -0.2) is 82.3 Å². The molecule has 0 bridgehead atoms. The first-order chi connectivity index (χ1) is 28.9. The van der Waals surface area contributed by atoms with E-state index in [-0.39, 0.29) is 23.1 Å². The second kappa shape index (κ2) is 59.5. The average Bonchev–Trinajstić information content (AvgIpc) is 3.21. The number of allylic oxidation sites excluding steroid dienone is 8. The summed E-state index contributed by atoms with van der Waals surface area (Å²) in [6.45, 7) is 5.64. The van der Waals surface area contributed by atoms with Gasteiger partial charge in [0.05, 0.1) is 11.9 Å². The fraction of sp³-hybridized carbons (Fsp3) is 0.750. The molecule has 0 aliphatic rings. The number of carbonyl (C=O) groups is 4. The summed E-state index contributed by atoms with van der Waals surface area (Å²) >= 11 is 0. The van der Waals surface area contributed by atoms with Gasteiger partial charge in [-0.3, -0.25) is 9.59 Å². The van der Waals surface area contributed by atoms with Crippen molar-refractivity contribution in [1.29, 1.82) is 0 Å². The first-order valence-electron chi connectivity index (χ1n) is 23.3. The molecule has 0 amide bonds. The van der Waals surface area contributed by atoms with Gasteiger partial charge >= 0.3 is 35.0 Å². The van der Waals surface area contributed by atoms with Crippen LogP contribution in [0.3, 0.4) is 0 Å². The summed E-state index contributed by atoms with van der Waals surface area (Å²) < 4.78 is 0. The smallest absolute Gasteiger partial charge is 0.548 e. The molecule has 0 spiro atoms. The standard InChI is InChI=1S/2C18H32O2.2C6H14N2O2.Mg/c2*1-2-3-4-5-6-7-8-9-10-11-12-13-14-15-16-17-18(19)20;2*7-4-2-1-3-5(8)6(9)10;/h2*6-7,9-10H,2-5,8,11-17H2,1H3,(H,19,20);2*5H,1-4,7-8H2,(H,9,10);/q;;;;+2/p-2/b2*7-6-,10-9-;;;/t;;2*5-;/m..00./s1. The Kier molecular flexibility index (Phi) is 65.9. The molecule has 0 saturated heterocycles. The molecule has 352 valence electrons. The van der Waals surface area contributed by atoms with Gasteiger partial charge in [-0.05, 0) is 116 Å². The summed E-state index contributed by atoms with van der Waals surface area (Å²) in [7, 11) is 0. The fourth-order valence-corrected chi connectivity index (χ4v) is 5.43. The zero-order valence-corrected chi connectivity index (χ0v) is 40.2. The van der Waals surface area contributed by atoms with Gasteiger partial charge in [-0.2, -0.15) is 0 Å². The zero-order chi connectivity index (χ0) is 45.7. The van der Waals surface area contributed by atoms with Crippen molar-refractivity contribution in [1.82, 2.24) is 0 Å². The number of rotatable bonds is 38. The quantitative estimate of drug-likeness (QED) is 0.0197. The van der Waals surface area contributed by atoms with E-state index < -0.39 is 36.0 Å². The monoisotopic (exact) mass is 875 g/mol. The summed E-state index contributed by atoms with van der Waals surface area (Å²) in [5.41, 5.74) is 20.7. The Hall–Kier alpha value is -2.55. The molecule has 13 heteroatoms. The van der Waals surface area contributed by atoms with E-state index in [4.69, 9.17) is 33.1 Å². The van der Waals surface area contributed by atoms with E-state index in [0.717, 1.165) is 77.0 Å². The van der Waals surface area contributed by atoms with Gasteiger partial charge in [-0.25, -0.2) is 0 Å². The molecule has 12 nitrogen and oxygen atoms in total. The second-order valence-electron chi connectivity index (χ2n) is 15.2. The summed E-state index contributed by atoms with van der Waals surface area (Å²) in [6.07, 6.45) is 48.6. The van der Waals surface area contributed by atoms with Crippen LogP contribution in [0.5, 0.6) is 0 Å². The Morgan fingerprint density at radius 1 is 0.443 bits per heavy atom.